The van der Waals surface area contributed by atoms with E-state index in [4.69, 9.17) is 4.74 Å². The molecule has 0 amide bonds. The lowest BCUT2D eigenvalue weighted by molar-refractivity contribution is -0.138. The standard InChI is InChI=1S/C24H28O8/c1-2-3-4-5-6-7-14-8-17(26)11-20-21(14)19(28)13-24(31,32-20)12-15-9-16(25)10-18(27)22(15)23(29)30/h8-11,25-27,31H,2-7,12-13H2,1H3,(H,29,30)/t24-/m1/s1. The van der Waals surface area contributed by atoms with Gasteiger partial charge >= 0.3 is 5.97 Å². The number of aromatic hydroxyl groups is 3. The Bertz CT molecular complexity index is 1030. The predicted octanol–water partition coefficient (Wildman–Crippen LogP) is 3.91. The summed E-state index contributed by atoms with van der Waals surface area (Å²) in [6.07, 6.45) is 4.85. The molecule has 1 atom stereocenters. The van der Waals surface area contributed by atoms with E-state index in [1.165, 1.54) is 12.1 Å². The lowest BCUT2D eigenvalue weighted by Crippen LogP contribution is -2.44. The number of unbranched alkanes of at least 4 members (excludes halogenated alkanes) is 4. The van der Waals surface area contributed by atoms with Gasteiger partial charge in [-0.3, -0.25) is 4.79 Å². The van der Waals surface area contributed by atoms with Crippen LogP contribution in [0.1, 0.15) is 77.3 Å². The summed E-state index contributed by atoms with van der Waals surface area (Å²) >= 11 is 0. The number of fused-ring (bicyclic) bond motifs is 1. The monoisotopic (exact) mass is 444 g/mol. The van der Waals surface area contributed by atoms with Crippen molar-refractivity contribution in [1.29, 1.82) is 0 Å². The second-order valence-electron chi connectivity index (χ2n) is 8.27. The third kappa shape index (κ3) is 5.13. The smallest absolute Gasteiger partial charge is 0.339 e. The average molecular weight is 444 g/mol. The van der Waals surface area contributed by atoms with Crippen molar-refractivity contribution >= 4 is 11.8 Å². The van der Waals surface area contributed by atoms with E-state index in [1.807, 2.05) is 0 Å². The minimum Gasteiger partial charge on any atom is -0.508 e. The molecule has 8 nitrogen and oxygen atoms in total. The maximum absolute atomic E-state index is 13.0. The number of benzene rings is 2. The van der Waals surface area contributed by atoms with Crippen molar-refractivity contribution in [3.63, 3.8) is 0 Å². The van der Waals surface area contributed by atoms with Crippen LogP contribution in [0.2, 0.25) is 0 Å². The highest BCUT2D eigenvalue weighted by atomic mass is 16.6. The first-order valence-corrected chi connectivity index (χ1v) is 10.7. The molecule has 8 heteroatoms. The summed E-state index contributed by atoms with van der Waals surface area (Å²) in [4.78, 5) is 24.5. The number of aryl methyl sites for hydroxylation is 1. The maximum Gasteiger partial charge on any atom is 0.339 e. The summed E-state index contributed by atoms with van der Waals surface area (Å²) < 4.78 is 5.69. The van der Waals surface area contributed by atoms with Crippen LogP contribution >= 0.6 is 0 Å². The molecular weight excluding hydrogens is 416 g/mol. The molecule has 0 unspecified atom stereocenters. The molecule has 1 aliphatic heterocycles. The van der Waals surface area contributed by atoms with Crippen LogP contribution in [0, 0.1) is 0 Å². The molecule has 0 fully saturated rings. The first kappa shape index (κ1) is 23.4. The molecule has 5 N–H and O–H groups in total. The van der Waals surface area contributed by atoms with E-state index in [0.29, 0.717) is 17.5 Å². The number of ketones is 1. The van der Waals surface area contributed by atoms with Crippen LogP contribution in [0.25, 0.3) is 0 Å². The minimum absolute atomic E-state index is 0.0218. The fourth-order valence-corrected chi connectivity index (χ4v) is 4.20. The Hall–Kier alpha value is -3.26. The lowest BCUT2D eigenvalue weighted by Gasteiger charge is -2.34. The summed E-state index contributed by atoms with van der Waals surface area (Å²) in [5, 5.41) is 50.2. The Balaban J connectivity index is 1.88. The maximum atomic E-state index is 13.0. The number of aromatic carboxylic acids is 1. The van der Waals surface area contributed by atoms with E-state index >= 15 is 0 Å². The van der Waals surface area contributed by atoms with Gasteiger partial charge in [0.05, 0.1) is 12.0 Å². The van der Waals surface area contributed by atoms with Gasteiger partial charge in [0.15, 0.2) is 5.78 Å². The van der Waals surface area contributed by atoms with E-state index in [-0.39, 0.29) is 17.1 Å². The van der Waals surface area contributed by atoms with E-state index in [2.05, 4.69) is 6.92 Å². The van der Waals surface area contributed by atoms with Gasteiger partial charge in [-0.25, -0.2) is 4.79 Å². The van der Waals surface area contributed by atoms with Crippen molar-refractivity contribution in [2.75, 3.05) is 0 Å². The fraction of sp³-hybridized carbons (Fsp3) is 0.417. The molecule has 32 heavy (non-hydrogen) atoms. The first-order valence-electron chi connectivity index (χ1n) is 10.7. The molecular formula is C24H28O8. The predicted molar refractivity (Wildman–Crippen MR) is 116 cm³/mol. The van der Waals surface area contributed by atoms with Crippen molar-refractivity contribution in [3.05, 3.63) is 46.5 Å². The number of phenols is 3. The zero-order valence-corrected chi connectivity index (χ0v) is 17.9. The lowest BCUT2D eigenvalue weighted by atomic mass is 9.88. The van der Waals surface area contributed by atoms with E-state index in [9.17, 15) is 35.1 Å². The Morgan fingerprint density at radius 2 is 1.66 bits per heavy atom. The number of carboxylic acids is 1. The number of hydrogen-bond acceptors (Lipinski definition) is 7. The van der Waals surface area contributed by atoms with Crippen molar-refractivity contribution < 1.29 is 39.9 Å². The van der Waals surface area contributed by atoms with Gasteiger partial charge in [-0.15, -0.1) is 0 Å². The average Bonchev–Trinajstić information content (AvgIpc) is 2.65. The van der Waals surface area contributed by atoms with Crippen molar-refractivity contribution in [2.24, 2.45) is 0 Å². The molecule has 3 rings (SSSR count). The quantitative estimate of drug-likeness (QED) is 0.366. The van der Waals surface area contributed by atoms with Crippen molar-refractivity contribution in [2.45, 2.75) is 64.1 Å². The number of carbonyl (C=O) groups excluding carboxylic acids is 1. The number of ether oxygens (including phenoxy) is 1. The molecule has 0 saturated carbocycles. The van der Waals surface area contributed by atoms with Crippen LogP contribution in [-0.2, 0) is 12.8 Å². The molecule has 0 bridgehead atoms. The number of aliphatic hydroxyl groups is 1. The third-order valence-corrected chi connectivity index (χ3v) is 5.60. The largest absolute Gasteiger partial charge is 0.508 e. The Morgan fingerprint density at radius 3 is 2.34 bits per heavy atom. The van der Waals surface area contributed by atoms with Crippen LogP contribution in [-0.4, -0.2) is 43.1 Å². The van der Waals surface area contributed by atoms with Crippen LogP contribution in [0.5, 0.6) is 23.0 Å². The molecule has 172 valence electrons. The fourth-order valence-electron chi connectivity index (χ4n) is 4.20. The zero-order chi connectivity index (χ0) is 23.5. The Labute approximate surface area is 185 Å². The summed E-state index contributed by atoms with van der Waals surface area (Å²) in [5.74, 6) is -5.09. The molecule has 1 aliphatic rings. The first-order chi connectivity index (χ1) is 15.1. The number of phenolic OH excluding ortho intramolecular Hbond substituents is 2. The molecule has 0 aromatic heterocycles. The number of rotatable bonds is 9. The summed E-state index contributed by atoms with van der Waals surface area (Å²) in [6, 6.07) is 4.74. The summed E-state index contributed by atoms with van der Waals surface area (Å²) in [7, 11) is 0. The number of carbonyl (C=O) groups is 2. The van der Waals surface area contributed by atoms with Crippen LogP contribution in [0.4, 0.5) is 0 Å². The molecule has 0 saturated heterocycles. The van der Waals surface area contributed by atoms with E-state index in [1.54, 1.807) is 0 Å². The number of carboxylic acid groups (broad SMARTS) is 1. The van der Waals surface area contributed by atoms with Crippen LogP contribution < -0.4 is 4.74 Å². The zero-order valence-electron chi connectivity index (χ0n) is 17.9. The van der Waals surface area contributed by atoms with Gasteiger partial charge in [-0.05, 0) is 36.1 Å². The molecule has 0 aliphatic carbocycles. The summed E-state index contributed by atoms with van der Waals surface area (Å²) in [6.45, 7) is 2.13. The van der Waals surface area contributed by atoms with Gasteiger partial charge in [0.1, 0.15) is 28.6 Å². The Morgan fingerprint density at radius 1 is 1.00 bits per heavy atom. The highest BCUT2D eigenvalue weighted by Gasteiger charge is 2.41. The highest BCUT2D eigenvalue weighted by Crippen LogP contribution is 2.40. The second-order valence-corrected chi connectivity index (χ2v) is 8.27. The molecule has 0 spiro atoms. The van der Waals surface area contributed by atoms with E-state index in [0.717, 1.165) is 44.2 Å². The van der Waals surface area contributed by atoms with Crippen molar-refractivity contribution in [1.82, 2.24) is 0 Å². The van der Waals surface area contributed by atoms with Crippen molar-refractivity contribution in [3.8, 4) is 23.0 Å². The molecule has 0 radical (unpaired) electrons. The molecule has 2 aromatic rings. The summed E-state index contributed by atoms with van der Waals surface area (Å²) in [5.41, 5.74) is 0.358. The van der Waals surface area contributed by atoms with Gasteiger partial charge in [-0.1, -0.05) is 32.6 Å². The second kappa shape index (κ2) is 9.48. The van der Waals surface area contributed by atoms with Crippen LogP contribution in [0.3, 0.4) is 0 Å². The number of hydrogen-bond donors (Lipinski definition) is 5. The van der Waals surface area contributed by atoms with Gasteiger partial charge in [0.2, 0.25) is 5.79 Å². The third-order valence-electron chi connectivity index (χ3n) is 5.60. The normalized spacial score (nSPS) is 17.6. The minimum atomic E-state index is -2.11. The van der Waals surface area contributed by atoms with Crippen LogP contribution in [0.15, 0.2) is 24.3 Å². The van der Waals surface area contributed by atoms with Gasteiger partial charge in [0.25, 0.3) is 0 Å². The topological polar surface area (TPSA) is 145 Å². The van der Waals surface area contributed by atoms with Gasteiger partial charge < -0.3 is 30.3 Å². The molecule has 2 aromatic carbocycles. The van der Waals surface area contributed by atoms with Gasteiger partial charge in [0, 0.05) is 18.6 Å². The number of Topliss-reactive ketones (excluding diaryl/α,β-unsaturated/α-hetero) is 1. The molecule has 1 heterocycles. The SMILES string of the molecule is CCCCCCCc1cc(O)cc2c1C(=O)C[C@@](O)(Cc1cc(O)cc(O)c1C(=O)O)O2. The van der Waals surface area contributed by atoms with E-state index < -0.39 is 47.4 Å². The highest BCUT2D eigenvalue weighted by molar-refractivity contribution is 6.02. The van der Waals surface area contributed by atoms with Gasteiger partial charge in [-0.2, -0.15) is 0 Å². The Kier molecular flexibility index (Phi) is 6.93.